The molecule has 2 heterocycles. The van der Waals surface area contributed by atoms with Crippen molar-refractivity contribution in [2.75, 3.05) is 13.1 Å². The number of alkyl halides is 3. The Bertz CT molecular complexity index is 830. The minimum absolute atomic E-state index is 0.174. The number of rotatable bonds is 4. The second-order valence-corrected chi connectivity index (χ2v) is 5.68. The van der Waals surface area contributed by atoms with Crippen LogP contribution in [0, 0.1) is 0 Å². The highest BCUT2D eigenvalue weighted by Gasteiger charge is 2.31. The Morgan fingerprint density at radius 3 is 2.68 bits per heavy atom. The van der Waals surface area contributed by atoms with Crippen LogP contribution in [0.4, 0.5) is 13.2 Å². The van der Waals surface area contributed by atoms with Gasteiger partial charge in [0, 0.05) is 19.2 Å². The van der Waals surface area contributed by atoms with Gasteiger partial charge in [0.15, 0.2) is 5.69 Å². The van der Waals surface area contributed by atoms with Crippen molar-refractivity contribution in [3.05, 3.63) is 52.8 Å². The number of benzene rings is 1. The minimum Gasteiger partial charge on any atom is -0.476 e. The highest BCUT2D eigenvalue weighted by Crippen LogP contribution is 2.29. The smallest absolute Gasteiger partial charge is 0.416 e. The molecule has 0 fully saturated rings. The van der Waals surface area contributed by atoms with E-state index in [1.807, 2.05) is 0 Å². The summed E-state index contributed by atoms with van der Waals surface area (Å²) in [5.41, 5.74) is -0.275. The zero-order valence-electron chi connectivity index (χ0n) is 13.0. The van der Waals surface area contributed by atoms with Crippen molar-refractivity contribution in [3.63, 3.8) is 0 Å². The first-order valence-electron chi connectivity index (χ1n) is 7.52. The second-order valence-electron chi connectivity index (χ2n) is 5.68. The maximum Gasteiger partial charge on any atom is 0.416 e. The fraction of sp³-hybridized carbons (Fsp3) is 0.312. The van der Waals surface area contributed by atoms with Gasteiger partial charge in [0.2, 0.25) is 0 Å². The van der Waals surface area contributed by atoms with Crippen molar-refractivity contribution in [2.45, 2.75) is 19.1 Å². The van der Waals surface area contributed by atoms with E-state index >= 15 is 0 Å². The minimum atomic E-state index is -4.41. The molecule has 0 saturated heterocycles. The van der Waals surface area contributed by atoms with Gasteiger partial charge >= 0.3 is 12.1 Å². The fourth-order valence-corrected chi connectivity index (χ4v) is 2.72. The van der Waals surface area contributed by atoms with E-state index in [4.69, 9.17) is 5.11 Å². The van der Waals surface area contributed by atoms with E-state index < -0.39 is 17.7 Å². The molecule has 0 saturated carbocycles. The highest BCUT2D eigenvalue weighted by molar-refractivity contribution is 5.96. The molecule has 0 spiro atoms. The third kappa shape index (κ3) is 3.49. The Balaban J connectivity index is 1.70. The molecule has 0 radical (unpaired) electrons. The number of aromatic carboxylic acids is 1. The van der Waals surface area contributed by atoms with Gasteiger partial charge in [-0.1, -0.05) is 18.2 Å². The van der Waals surface area contributed by atoms with Crippen LogP contribution >= 0.6 is 0 Å². The molecule has 3 rings (SSSR count). The molecule has 0 atom stereocenters. The van der Waals surface area contributed by atoms with Crippen LogP contribution in [-0.4, -0.2) is 44.8 Å². The largest absolute Gasteiger partial charge is 0.476 e. The lowest BCUT2D eigenvalue weighted by atomic mass is 10.1. The molecule has 1 aromatic heterocycles. The number of carboxylic acids is 1. The first-order chi connectivity index (χ1) is 11.8. The van der Waals surface area contributed by atoms with Crippen LogP contribution in [0.1, 0.15) is 32.1 Å². The Morgan fingerprint density at radius 1 is 1.24 bits per heavy atom. The first kappa shape index (κ1) is 17.0. The number of nitrogens with zero attached hydrogens (tertiary/aromatic N) is 3. The lowest BCUT2D eigenvalue weighted by molar-refractivity contribution is -0.137. The monoisotopic (exact) mass is 353 g/mol. The average Bonchev–Trinajstić information content (AvgIpc) is 2.99. The summed E-state index contributed by atoms with van der Waals surface area (Å²) in [5.74, 6) is -1.59. The Labute approximate surface area is 140 Å². The van der Waals surface area contributed by atoms with Crippen LogP contribution in [-0.2, 0) is 19.1 Å². The van der Waals surface area contributed by atoms with Crippen molar-refractivity contribution in [1.29, 1.82) is 0 Å². The highest BCUT2D eigenvalue weighted by atomic mass is 19.4. The van der Waals surface area contributed by atoms with E-state index in [2.05, 4.69) is 5.10 Å². The molecular weight excluding hydrogens is 339 g/mol. The van der Waals surface area contributed by atoms with Gasteiger partial charge in [-0.15, -0.1) is 0 Å². The predicted octanol–water partition coefficient (Wildman–Crippen LogP) is 2.30. The van der Waals surface area contributed by atoms with Gasteiger partial charge in [0.1, 0.15) is 5.69 Å². The summed E-state index contributed by atoms with van der Waals surface area (Å²) in [6, 6.07) is 6.20. The van der Waals surface area contributed by atoms with Crippen LogP contribution < -0.4 is 0 Å². The molecule has 0 aliphatic carbocycles. The fourth-order valence-electron chi connectivity index (χ4n) is 2.72. The molecule has 132 valence electrons. The van der Waals surface area contributed by atoms with Gasteiger partial charge in [-0.05, 0) is 18.1 Å². The number of amides is 1. The van der Waals surface area contributed by atoms with Gasteiger partial charge in [-0.3, -0.25) is 9.48 Å². The van der Waals surface area contributed by atoms with Crippen molar-refractivity contribution >= 4 is 11.9 Å². The molecule has 1 aromatic carbocycles. The second kappa shape index (κ2) is 6.23. The number of halogens is 3. The summed E-state index contributed by atoms with van der Waals surface area (Å²) >= 11 is 0. The van der Waals surface area contributed by atoms with E-state index in [0.717, 1.165) is 12.1 Å². The summed E-state index contributed by atoms with van der Waals surface area (Å²) < 4.78 is 39.5. The third-order valence-electron chi connectivity index (χ3n) is 4.01. The summed E-state index contributed by atoms with van der Waals surface area (Å²) in [6.45, 7) is 0.913. The van der Waals surface area contributed by atoms with E-state index in [0.29, 0.717) is 18.7 Å². The molecule has 2 aromatic rings. The van der Waals surface area contributed by atoms with Gasteiger partial charge in [-0.25, -0.2) is 4.79 Å². The molecule has 1 amide bonds. The van der Waals surface area contributed by atoms with E-state index in [1.54, 1.807) is 6.07 Å². The van der Waals surface area contributed by atoms with Gasteiger partial charge < -0.3 is 10.0 Å². The number of carboxylic acid groups (broad SMARTS) is 1. The normalized spacial score (nSPS) is 14.5. The first-order valence-corrected chi connectivity index (χ1v) is 7.52. The molecule has 1 aliphatic rings. The van der Waals surface area contributed by atoms with Crippen LogP contribution in [0.15, 0.2) is 30.3 Å². The summed E-state index contributed by atoms with van der Waals surface area (Å²) in [5, 5.41) is 12.8. The SMILES string of the molecule is O=C(O)c1cc2n(n1)CCN(CCc1cccc(C(F)(F)F)c1)C2=O. The van der Waals surface area contributed by atoms with Crippen molar-refractivity contribution in [2.24, 2.45) is 0 Å². The molecule has 0 bridgehead atoms. The number of aromatic nitrogens is 2. The van der Waals surface area contributed by atoms with Gasteiger partial charge in [-0.2, -0.15) is 18.3 Å². The third-order valence-corrected chi connectivity index (χ3v) is 4.01. The van der Waals surface area contributed by atoms with Crippen molar-refractivity contribution < 1.29 is 27.9 Å². The molecule has 9 heteroatoms. The summed E-state index contributed by atoms with van der Waals surface area (Å²) in [7, 11) is 0. The molecule has 1 N–H and O–H groups in total. The Kier molecular flexibility index (Phi) is 4.23. The van der Waals surface area contributed by atoms with Crippen LogP contribution in [0.25, 0.3) is 0 Å². The number of carbonyl (C=O) groups excluding carboxylic acids is 1. The maximum atomic E-state index is 12.7. The number of fused-ring (bicyclic) bond motifs is 1. The molecular formula is C16H14F3N3O3. The van der Waals surface area contributed by atoms with Crippen LogP contribution in [0.3, 0.4) is 0 Å². The number of hydrogen-bond acceptors (Lipinski definition) is 3. The summed E-state index contributed by atoms with van der Waals surface area (Å²) in [6.07, 6.45) is -4.13. The molecule has 0 unspecified atom stereocenters. The van der Waals surface area contributed by atoms with Crippen molar-refractivity contribution in [1.82, 2.24) is 14.7 Å². The van der Waals surface area contributed by atoms with Gasteiger partial charge in [0.25, 0.3) is 5.91 Å². The van der Waals surface area contributed by atoms with Gasteiger partial charge in [0.05, 0.1) is 12.1 Å². The van der Waals surface area contributed by atoms with Crippen molar-refractivity contribution in [3.8, 4) is 0 Å². The molecule has 1 aliphatic heterocycles. The average molecular weight is 353 g/mol. The Morgan fingerprint density at radius 2 is 2.00 bits per heavy atom. The zero-order chi connectivity index (χ0) is 18.2. The van der Waals surface area contributed by atoms with E-state index in [-0.39, 0.29) is 30.3 Å². The predicted molar refractivity (Wildman–Crippen MR) is 80.2 cm³/mol. The van der Waals surface area contributed by atoms with E-state index in [9.17, 15) is 22.8 Å². The lowest BCUT2D eigenvalue weighted by Crippen LogP contribution is -2.41. The van der Waals surface area contributed by atoms with Crippen LogP contribution in [0.5, 0.6) is 0 Å². The number of hydrogen-bond donors (Lipinski definition) is 1. The Hall–Kier alpha value is -2.84. The standard InChI is InChI=1S/C16H14F3N3O3/c17-16(18,19)11-3-1-2-10(8-11)4-5-21-6-7-22-13(14(21)23)9-12(20-22)15(24)25/h1-3,8-9H,4-7H2,(H,24,25). The topological polar surface area (TPSA) is 75.4 Å². The lowest BCUT2D eigenvalue weighted by Gasteiger charge is -2.27. The van der Waals surface area contributed by atoms with Crippen LogP contribution in [0.2, 0.25) is 0 Å². The maximum absolute atomic E-state index is 12.7. The zero-order valence-corrected chi connectivity index (χ0v) is 13.0. The molecule has 6 nitrogen and oxygen atoms in total. The molecule has 25 heavy (non-hydrogen) atoms. The quantitative estimate of drug-likeness (QED) is 0.915. The van der Waals surface area contributed by atoms with E-state index in [1.165, 1.54) is 21.7 Å². The number of carbonyl (C=O) groups is 2. The summed E-state index contributed by atoms with van der Waals surface area (Å²) in [4.78, 5) is 24.8.